The number of ether oxygens (including phenoxy) is 2. The summed E-state index contributed by atoms with van der Waals surface area (Å²) in [6.45, 7) is 8.60. The summed E-state index contributed by atoms with van der Waals surface area (Å²) in [4.78, 5) is 12.2. The van der Waals surface area contributed by atoms with Crippen molar-refractivity contribution in [1.82, 2.24) is 0 Å². The van der Waals surface area contributed by atoms with Gasteiger partial charge in [-0.15, -0.1) is 0 Å². The molecule has 0 aromatic heterocycles. The molecular formula is C24H30O3Se2. The molecule has 3 unspecified atom stereocenters. The van der Waals surface area contributed by atoms with E-state index in [0.717, 1.165) is 12.8 Å². The molecule has 3 rings (SSSR count). The topological polar surface area (TPSA) is 35.5 Å². The van der Waals surface area contributed by atoms with E-state index in [9.17, 15) is 4.79 Å². The Morgan fingerprint density at radius 1 is 1.07 bits per heavy atom. The third-order valence-electron chi connectivity index (χ3n) is 5.34. The summed E-state index contributed by atoms with van der Waals surface area (Å²) in [6.07, 6.45) is 2.13. The first kappa shape index (κ1) is 22.6. The fourth-order valence-electron chi connectivity index (χ4n) is 3.77. The molecule has 3 atom stereocenters. The molecule has 0 spiro atoms. The van der Waals surface area contributed by atoms with Crippen LogP contribution >= 0.6 is 0 Å². The van der Waals surface area contributed by atoms with E-state index in [2.05, 4.69) is 75.4 Å². The Labute approximate surface area is 187 Å². The summed E-state index contributed by atoms with van der Waals surface area (Å²) < 4.78 is 15.1. The molecule has 5 heteroatoms. The van der Waals surface area contributed by atoms with Crippen LogP contribution in [0.15, 0.2) is 60.7 Å². The van der Waals surface area contributed by atoms with Crippen LogP contribution in [0.3, 0.4) is 0 Å². The van der Waals surface area contributed by atoms with Crippen molar-refractivity contribution >= 4 is 44.8 Å². The van der Waals surface area contributed by atoms with E-state index in [-0.39, 0.29) is 36.9 Å². The molecule has 0 aliphatic carbocycles. The number of hydrogen-bond acceptors (Lipinski definition) is 3. The van der Waals surface area contributed by atoms with Crippen molar-refractivity contribution in [3.05, 3.63) is 60.7 Å². The first-order valence-corrected chi connectivity index (χ1v) is 13.7. The summed E-state index contributed by atoms with van der Waals surface area (Å²) in [5.74, 6) is -0.220. The van der Waals surface area contributed by atoms with Gasteiger partial charge in [0, 0.05) is 0 Å². The summed E-state index contributed by atoms with van der Waals surface area (Å²) in [5.41, 5.74) is -0.498. The summed E-state index contributed by atoms with van der Waals surface area (Å²) >= 11 is 0.543. The second kappa shape index (κ2) is 9.81. The van der Waals surface area contributed by atoms with E-state index >= 15 is 0 Å². The SMILES string of the molecule is CC(=O)OCC([Se]c1ccccc1)C1(C)CCC([Se]c2ccccc2)C(C)(C)O1. The first-order valence-electron chi connectivity index (χ1n) is 10.1. The van der Waals surface area contributed by atoms with Crippen LogP contribution in [0, 0.1) is 0 Å². The quantitative estimate of drug-likeness (QED) is 0.411. The van der Waals surface area contributed by atoms with Gasteiger partial charge in [-0.2, -0.15) is 0 Å². The number of carbonyl (C=O) groups excluding carboxylic acids is 1. The molecule has 29 heavy (non-hydrogen) atoms. The van der Waals surface area contributed by atoms with Gasteiger partial charge in [0.05, 0.1) is 0 Å². The maximum absolute atomic E-state index is 11.5. The molecule has 0 bridgehead atoms. The van der Waals surface area contributed by atoms with Crippen LogP contribution in [0.5, 0.6) is 0 Å². The van der Waals surface area contributed by atoms with E-state index < -0.39 is 0 Å². The molecule has 1 aliphatic heterocycles. The van der Waals surface area contributed by atoms with Crippen LogP contribution in [-0.4, -0.2) is 53.7 Å². The number of benzene rings is 2. The van der Waals surface area contributed by atoms with Crippen molar-refractivity contribution < 1.29 is 14.3 Å². The van der Waals surface area contributed by atoms with Gasteiger partial charge in [-0.3, -0.25) is 0 Å². The molecule has 0 amide bonds. The average Bonchev–Trinajstić information content (AvgIpc) is 2.68. The Bertz CT molecular complexity index is 794. The van der Waals surface area contributed by atoms with Gasteiger partial charge in [-0.25, -0.2) is 0 Å². The molecule has 1 fully saturated rings. The Morgan fingerprint density at radius 2 is 1.66 bits per heavy atom. The number of rotatable bonds is 7. The van der Waals surface area contributed by atoms with Crippen molar-refractivity contribution in [1.29, 1.82) is 0 Å². The molecule has 3 nitrogen and oxygen atoms in total. The molecule has 0 saturated carbocycles. The standard InChI is InChI=1S/C24H30O3Se2/c1-18(25)26-17-22(29-20-13-9-6-10-14-20)24(4)16-15-21(23(2,3)27-24)28-19-11-7-5-8-12-19/h5-14,21-22H,15-17H2,1-4H3. The van der Waals surface area contributed by atoms with E-state index in [1.54, 1.807) is 0 Å². The van der Waals surface area contributed by atoms with Gasteiger partial charge in [0.25, 0.3) is 0 Å². The minimum atomic E-state index is -0.294. The third kappa shape index (κ3) is 6.20. The Hall–Kier alpha value is -1.09. The van der Waals surface area contributed by atoms with Crippen molar-refractivity contribution in [3.8, 4) is 0 Å². The van der Waals surface area contributed by atoms with E-state index in [0.29, 0.717) is 26.4 Å². The normalized spacial score (nSPS) is 24.6. The van der Waals surface area contributed by atoms with Gasteiger partial charge in [-0.05, 0) is 0 Å². The molecule has 1 aliphatic rings. The van der Waals surface area contributed by atoms with E-state index in [4.69, 9.17) is 9.47 Å². The summed E-state index contributed by atoms with van der Waals surface area (Å²) in [7, 11) is 0. The zero-order chi connectivity index (χ0) is 20.9. The zero-order valence-electron chi connectivity index (χ0n) is 17.6. The number of carbonyl (C=O) groups is 1. The molecule has 0 radical (unpaired) electrons. The van der Waals surface area contributed by atoms with Crippen molar-refractivity contribution in [2.75, 3.05) is 6.61 Å². The van der Waals surface area contributed by atoms with E-state index in [1.807, 2.05) is 6.07 Å². The summed E-state index contributed by atoms with van der Waals surface area (Å²) in [6, 6.07) is 21.3. The summed E-state index contributed by atoms with van der Waals surface area (Å²) in [5, 5.41) is 0. The van der Waals surface area contributed by atoms with Gasteiger partial charge in [-0.1, -0.05) is 0 Å². The van der Waals surface area contributed by atoms with Crippen LogP contribution in [0.4, 0.5) is 0 Å². The molecule has 2 aromatic carbocycles. The van der Waals surface area contributed by atoms with Crippen LogP contribution in [0.25, 0.3) is 0 Å². The monoisotopic (exact) mass is 526 g/mol. The number of hydrogen-bond donors (Lipinski definition) is 0. The molecule has 2 aromatic rings. The van der Waals surface area contributed by atoms with Crippen molar-refractivity contribution in [2.45, 2.75) is 61.4 Å². The van der Waals surface area contributed by atoms with Crippen molar-refractivity contribution in [3.63, 3.8) is 0 Å². The first-order chi connectivity index (χ1) is 13.8. The maximum atomic E-state index is 11.5. The van der Waals surface area contributed by atoms with Gasteiger partial charge in [0.15, 0.2) is 0 Å². The Kier molecular flexibility index (Phi) is 7.64. The van der Waals surface area contributed by atoms with E-state index in [1.165, 1.54) is 15.8 Å². The molecule has 0 N–H and O–H groups in total. The van der Waals surface area contributed by atoms with Crippen LogP contribution in [0.1, 0.15) is 40.5 Å². The number of esters is 1. The fraction of sp³-hybridized carbons (Fsp3) is 0.458. The second-order valence-electron chi connectivity index (χ2n) is 8.20. The van der Waals surface area contributed by atoms with Gasteiger partial charge < -0.3 is 0 Å². The zero-order valence-corrected chi connectivity index (χ0v) is 21.0. The fourth-order valence-corrected chi connectivity index (χ4v) is 8.81. The van der Waals surface area contributed by atoms with Crippen LogP contribution in [0.2, 0.25) is 9.63 Å². The molecule has 156 valence electrons. The van der Waals surface area contributed by atoms with Crippen LogP contribution in [-0.2, 0) is 14.3 Å². The molecular weight excluding hydrogens is 494 g/mol. The predicted molar refractivity (Wildman–Crippen MR) is 121 cm³/mol. The third-order valence-corrected chi connectivity index (χ3v) is 11.8. The van der Waals surface area contributed by atoms with Crippen LogP contribution < -0.4 is 8.92 Å². The minimum absolute atomic E-state index is 0.166. The van der Waals surface area contributed by atoms with Gasteiger partial charge in [0.2, 0.25) is 0 Å². The Balaban J connectivity index is 1.76. The van der Waals surface area contributed by atoms with Crippen molar-refractivity contribution in [2.24, 2.45) is 0 Å². The molecule has 1 saturated heterocycles. The molecule has 1 heterocycles. The average molecular weight is 524 g/mol. The van der Waals surface area contributed by atoms with Gasteiger partial charge in [0.1, 0.15) is 0 Å². The van der Waals surface area contributed by atoms with Gasteiger partial charge >= 0.3 is 188 Å². The second-order valence-corrected chi connectivity index (χ2v) is 13.6. The Morgan fingerprint density at radius 3 is 2.21 bits per heavy atom. The predicted octanol–water partition coefficient (Wildman–Crippen LogP) is 3.53.